The zero-order chi connectivity index (χ0) is 7.70. The first-order valence-corrected chi connectivity index (χ1v) is 3.07. The Morgan fingerprint density at radius 2 is 2.00 bits per heavy atom. The van der Waals surface area contributed by atoms with E-state index in [1.165, 1.54) is 0 Å². The highest BCUT2D eigenvalue weighted by atomic mass is 35.5. The fourth-order valence-electron chi connectivity index (χ4n) is 0.241. The summed E-state index contributed by atoms with van der Waals surface area (Å²) in [5.74, 6) is 0. The van der Waals surface area contributed by atoms with E-state index in [1.807, 2.05) is 0 Å². The van der Waals surface area contributed by atoms with Crippen LogP contribution in [0.4, 0.5) is 0 Å². The summed E-state index contributed by atoms with van der Waals surface area (Å²) >= 11 is 9.03. The van der Waals surface area contributed by atoms with Gasteiger partial charge in [-0.05, 0) is 30.5 Å². The maximum absolute atomic E-state index is 8.43. The second-order valence-electron chi connectivity index (χ2n) is 1.38. The van der Waals surface area contributed by atoms with Crippen molar-refractivity contribution in [2.24, 2.45) is 0 Å². The van der Waals surface area contributed by atoms with Gasteiger partial charge in [-0.3, -0.25) is 0 Å². The van der Waals surface area contributed by atoms with E-state index in [2.05, 4.69) is 28.3 Å². The summed E-state index contributed by atoms with van der Waals surface area (Å²) in [6, 6.07) is 0. The molecule has 0 amide bonds. The number of hydrogen-bond donors (Lipinski definition) is 2. The van der Waals surface area contributed by atoms with Gasteiger partial charge in [0, 0.05) is 7.11 Å². The molecule has 0 aromatic rings. The van der Waals surface area contributed by atoms with Crippen molar-refractivity contribution in [1.82, 2.24) is 4.35 Å². The second kappa shape index (κ2) is 11.3. The van der Waals surface area contributed by atoms with Gasteiger partial charge in [-0.1, -0.05) is 0 Å². The van der Waals surface area contributed by atoms with E-state index >= 15 is 0 Å². The Morgan fingerprint density at radius 1 is 1.67 bits per heavy atom. The first kappa shape index (κ1) is 12.2. The molecule has 0 spiro atoms. The Morgan fingerprint density at radius 3 is 2.00 bits per heavy atom. The maximum Gasteiger partial charge on any atom is 0.0745 e. The van der Waals surface area contributed by atoms with E-state index in [0.717, 1.165) is 0 Å². The summed E-state index contributed by atoms with van der Waals surface area (Å²) in [6.07, 6.45) is -0.324. The van der Waals surface area contributed by atoms with Crippen LogP contribution < -0.4 is 4.35 Å². The van der Waals surface area contributed by atoms with Crippen molar-refractivity contribution in [3.8, 4) is 0 Å². The minimum absolute atomic E-state index is 0.324. The zero-order valence-electron chi connectivity index (χ0n) is 5.40. The molecule has 3 nitrogen and oxygen atoms in total. The zero-order valence-corrected chi connectivity index (χ0v) is 6.91. The van der Waals surface area contributed by atoms with Crippen LogP contribution in [0.1, 0.15) is 6.92 Å². The first-order valence-electron chi connectivity index (χ1n) is 2.32. The van der Waals surface area contributed by atoms with E-state index < -0.39 is 0 Å². The van der Waals surface area contributed by atoms with Crippen LogP contribution >= 0.6 is 23.6 Å². The molecule has 0 fully saturated rings. The number of nitrogens with one attached hydrogen (secondary N) is 1. The molecular formula is C4H11Cl2NO2. The molecule has 0 aliphatic rings. The van der Waals surface area contributed by atoms with Crippen molar-refractivity contribution in [3.63, 3.8) is 0 Å². The van der Waals surface area contributed by atoms with Crippen molar-refractivity contribution in [3.05, 3.63) is 0 Å². The third-order valence-electron chi connectivity index (χ3n) is 0.408. The van der Waals surface area contributed by atoms with Crippen molar-refractivity contribution in [2.75, 3.05) is 13.7 Å². The minimum Gasteiger partial charge on any atom is -0.391 e. The van der Waals surface area contributed by atoms with Crippen LogP contribution in [0.5, 0.6) is 0 Å². The number of halogens is 2. The van der Waals surface area contributed by atoms with Gasteiger partial charge >= 0.3 is 0 Å². The average Bonchev–Trinajstić information content (AvgIpc) is 1.67. The molecule has 0 saturated carbocycles. The van der Waals surface area contributed by atoms with Crippen molar-refractivity contribution in [2.45, 2.75) is 13.0 Å². The molecule has 58 valence electrons. The Bertz CT molecular complexity index is 45.5. The van der Waals surface area contributed by atoms with E-state index in [4.69, 9.17) is 5.11 Å². The molecule has 0 aliphatic heterocycles. The van der Waals surface area contributed by atoms with Gasteiger partial charge in [-0.25, -0.2) is 0 Å². The second-order valence-corrected chi connectivity index (χ2v) is 1.95. The van der Waals surface area contributed by atoms with Gasteiger partial charge in [0.25, 0.3) is 0 Å². The number of hydrogen-bond acceptors (Lipinski definition) is 3. The quantitative estimate of drug-likeness (QED) is 0.614. The molecule has 0 rings (SSSR count). The van der Waals surface area contributed by atoms with Crippen LogP contribution in [0, 0.1) is 0 Å². The van der Waals surface area contributed by atoms with Gasteiger partial charge in [0.1, 0.15) is 0 Å². The Kier molecular flexibility index (Phi) is 15.3. The van der Waals surface area contributed by atoms with Gasteiger partial charge in [-0.2, -0.15) is 0 Å². The van der Waals surface area contributed by atoms with Crippen LogP contribution in [0.25, 0.3) is 0 Å². The van der Waals surface area contributed by atoms with Crippen LogP contribution in [-0.2, 0) is 4.74 Å². The number of rotatable bonds is 2. The van der Waals surface area contributed by atoms with Gasteiger partial charge in [0.05, 0.1) is 12.7 Å². The summed E-state index contributed by atoms with van der Waals surface area (Å²) in [5, 5.41) is 8.43. The maximum atomic E-state index is 8.43. The van der Waals surface area contributed by atoms with Crippen molar-refractivity contribution < 1.29 is 9.84 Å². The molecule has 0 bridgehead atoms. The molecule has 9 heavy (non-hydrogen) atoms. The average molecular weight is 176 g/mol. The highest BCUT2D eigenvalue weighted by Crippen LogP contribution is 1.75. The molecule has 0 aromatic carbocycles. The molecule has 0 saturated heterocycles. The predicted molar refractivity (Wildman–Crippen MR) is 38.4 cm³/mol. The molecular weight excluding hydrogens is 165 g/mol. The Labute approximate surface area is 65.1 Å². The van der Waals surface area contributed by atoms with Crippen LogP contribution in [0.3, 0.4) is 0 Å². The highest BCUT2D eigenvalue weighted by molar-refractivity contribution is 6.33. The van der Waals surface area contributed by atoms with Gasteiger partial charge < -0.3 is 9.84 Å². The molecule has 0 radical (unpaired) electrons. The number of ether oxygens (including phenoxy) is 1. The lowest BCUT2D eigenvalue weighted by atomic mass is 10.5. The van der Waals surface area contributed by atoms with Crippen LogP contribution in [0.15, 0.2) is 0 Å². The van der Waals surface area contributed by atoms with Crippen molar-refractivity contribution in [1.29, 1.82) is 0 Å². The Balaban J connectivity index is 0. The molecule has 0 aromatic heterocycles. The molecule has 1 atom stereocenters. The molecule has 1 unspecified atom stereocenters. The summed E-state index contributed by atoms with van der Waals surface area (Å²) < 4.78 is 6.25. The minimum atomic E-state index is -0.324. The van der Waals surface area contributed by atoms with E-state index in [0.29, 0.717) is 6.61 Å². The van der Waals surface area contributed by atoms with Gasteiger partial charge in [0.2, 0.25) is 0 Å². The number of aliphatic hydroxyl groups excluding tert-OH is 1. The lowest BCUT2D eigenvalue weighted by Crippen LogP contribution is -2.07. The third-order valence-corrected chi connectivity index (χ3v) is 0.408. The fraction of sp³-hybridized carbons (Fsp3) is 1.00. The smallest absolute Gasteiger partial charge is 0.0745 e. The predicted octanol–water partition coefficient (Wildman–Crippen LogP) is 0.897. The van der Waals surface area contributed by atoms with E-state index in [9.17, 15) is 0 Å². The summed E-state index contributed by atoms with van der Waals surface area (Å²) in [6.45, 7) is 2.11. The lowest BCUT2D eigenvalue weighted by molar-refractivity contribution is 0.0765. The standard InChI is InChI=1S/C4H10O2.Cl2HN/c1-4(5)3-6-2;1-3-2/h4-5H,3H2,1-2H3;3H. The summed E-state index contributed by atoms with van der Waals surface area (Å²) in [5.41, 5.74) is 0. The van der Waals surface area contributed by atoms with Gasteiger partial charge in [-0.15, -0.1) is 4.35 Å². The fourth-order valence-corrected chi connectivity index (χ4v) is 0.241. The topological polar surface area (TPSA) is 41.5 Å². The van der Waals surface area contributed by atoms with E-state index in [-0.39, 0.29) is 6.10 Å². The van der Waals surface area contributed by atoms with Gasteiger partial charge in [0.15, 0.2) is 0 Å². The monoisotopic (exact) mass is 175 g/mol. The van der Waals surface area contributed by atoms with Crippen LogP contribution in [-0.4, -0.2) is 24.9 Å². The lowest BCUT2D eigenvalue weighted by Gasteiger charge is -1.97. The SMILES string of the molecule is COCC(C)O.ClNCl. The molecule has 5 heteroatoms. The number of aliphatic hydroxyl groups is 1. The Hall–Kier alpha value is 0.460. The summed E-state index contributed by atoms with van der Waals surface area (Å²) in [4.78, 5) is 0. The highest BCUT2D eigenvalue weighted by Gasteiger charge is 1.87. The molecule has 0 heterocycles. The third kappa shape index (κ3) is 29.5. The number of methoxy groups -OCH3 is 1. The normalized spacial score (nSPS) is 11.7. The molecule has 0 aliphatic carbocycles. The van der Waals surface area contributed by atoms with Crippen molar-refractivity contribution >= 4 is 23.6 Å². The molecule has 2 N–H and O–H groups in total. The van der Waals surface area contributed by atoms with E-state index in [1.54, 1.807) is 18.4 Å². The largest absolute Gasteiger partial charge is 0.391 e. The van der Waals surface area contributed by atoms with Crippen LogP contribution in [0.2, 0.25) is 0 Å². The summed E-state index contributed by atoms with van der Waals surface area (Å²) in [7, 11) is 1.56. The first-order chi connectivity index (χ1) is 4.18.